The summed E-state index contributed by atoms with van der Waals surface area (Å²) in [6.07, 6.45) is 14.3. The van der Waals surface area contributed by atoms with Crippen molar-refractivity contribution < 1.29 is 0 Å². The molecule has 0 spiro atoms. The monoisotopic (exact) mass is 228 g/mol. The van der Waals surface area contributed by atoms with Gasteiger partial charge in [-0.05, 0) is 66.6 Å². The number of rotatable bonds is 1. The Bertz CT molecular complexity index is 418. The fourth-order valence-corrected chi connectivity index (χ4v) is 6.45. The third-order valence-corrected chi connectivity index (χ3v) is 6.67. The Morgan fingerprint density at radius 3 is 2.71 bits per heavy atom. The average Bonchev–Trinajstić information content (AvgIpc) is 2.92. The third kappa shape index (κ3) is 1.06. The van der Waals surface area contributed by atoms with Crippen LogP contribution in [0, 0.1) is 40.4 Å². The first kappa shape index (κ1) is 10.4. The standard InChI is InChI=1S/C17H24/c1-4-5-11-8-17(3)10-13(11)15-14(17)12-6-7-16(15,2)9-12/h4-7,11-15H,8-10H2,1-3H3. The van der Waals surface area contributed by atoms with Crippen LogP contribution in [0.1, 0.15) is 40.0 Å². The highest BCUT2D eigenvalue weighted by molar-refractivity contribution is 5.28. The third-order valence-electron chi connectivity index (χ3n) is 6.67. The highest BCUT2D eigenvalue weighted by Crippen LogP contribution is 2.75. The average molecular weight is 228 g/mol. The van der Waals surface area contributed by atoms with Crippen molar-refractivity contribution in [2.24, 2.45) is 40.4 Å². The molecule has 4 aliphatic carbocycles. The summed E-state index contributed by atoms with van der Waals surface area (Å²) in [5, 5.41) is 0. The SMILES string of the molecule is CC=CC1CC2(C)CC1C1C2C2C=CC1(C)C2. The molecule has 0 heterocycles. The number of hydrogen-bond acceptors (Lipinski definition) is 0. The van der Waals surface area contributed by atoms with E-state index < -0.39 is 0 Å². The first-order valence-electron chi connectivity index (χ1n) is 7.40. The van der Waals surface area contributed by atoms with Crippen LogP contribution in [0.15, 0.2) is 24.3 Å². The number of fused-ring (bicyclic) bond motifs is 9. The molecule has 0 aromatic rings. The van der Waals surface area contributed by atoms with Crippen molar-refractivity contribution in [3.63, 3.8) is 0 Å². The molecular weight excluding hydrogens is 204 g/mol. The van der Waals surface area contributed by atoms with Crippen molar-refractivity contribution in [3.05, 3.63) is 24.3 Å². The van der Waals surface area contributed by atoms with E-state index in [2.05, 4.69) is 45.1 Å². The summed E-state index contributed by atoms with van der Waals surface area (Å²) in [6.45, 7) is 7.31. The lowest BCUT2D eigenvalue weighted by molar-refractivity contribution is 0.0861. The van der Waals surface area contributed by atoms with Gasteiger partial charge in [0.2, 0.25) is 0 Å². The van der Waals surface area contributed by atoms with Gasteiger partial charge >= 0.3 is 0 Å². The molecule has 0 saturated heterocycles. The first-order chi connectivity index (χ1) is 8.07. The summed E-state index contributed by atoms with van der Waals surface area (Å²) in [6, 6.07) is 0. The van der Waals surface area contributed by atoms with Crippen LogP contribution in [0.5, 0.6) is 0 Å². The predicted octanol–water partition coefficient (Wildman–Crippen LogP) is 4.44. The van der Waals surface area contributed by atoms with Crippen LogP contribution in [0.3, 0.4) is 0 Å². The maximum Gasteiger partial charge on any atom is -0.0107 e. The molecule has 0 heteroatoms. The minimum atomic E-state index is 0.554. The smallest absolute Gasteiger partial charge is 0.0107 e. The summed E-state index contributed by atoms with van der Waals surface area (Å²) in [5.41, 5.74) is 1.21. The van der Waals surface area contributed by atoms with Crippen LogP contribution in [0.25, 0.3) is 0 Å². The molecule has 4 bridgehead atoms. The van der Waals surface area contributed by atoms with E-state index in [0.29, 0.717) is 10.8 Å². The molecule has 0 aliphatic heterocycles. The van der Waals surface area contributed by atoms with Gasteiger partial charge in [-0.3, -0.25) is 0 Å². The molecular formula is C17H24. The highest BCUT2D eigenvalue weighted by atomic mass is 14.7. The minimum Gasteiger partial charge on any atom is -0.0914 e. The number of hydrogen-bond donors (Lipinski definition) is 0. The Kier molecular flexibility index (Phi) is 1.77. The molecule has 0 aromatic heterocycles. The Balaban J connectivity index is 1.78. The molecule has 0 radical (unpaired) electrons. The molecule has 4 aliphatic rings. The second-order valence-corrected chi connectivity index (χ2v) is 7.70. The van der Waals surface area contributed by atoms with Gasteiger partial charge in [0.25, 0.3) is 0 Å². The summed E-state index contributed by atoms with van der Waals surface area (Å²) < 4.78 is 0. The zero-order valence-electron chi connectivity index (χ0n) is 11.3. The molecule has 0 nitrogen and oxygen atoms in total. The molecule has 7 unspecified atom stereocenters. The van der Waals surface area contributed by atoms with Crippen LogP contribution in [0.4, 0.5) is 0 Å². The van der Waals surface area contributed by atoms with Gasteiger partial charge < -0.3 is 0 Å². The fraction of sp³-hybridized carbons (Fsp3) is 0.765. The summed E-state index contributed by atoms with van der Waals surface area (Å²) >= 11 is 0. The first-order valence-corrected chi connectivity index (χ1v) is 7.40. The van der Waals surface area contributed by atoms with Crippen molar-refractivity contribution in [3.8, 4) is 0 Å². The minimum absolute atomic E-state index is 0.554. The summed E-state index contributed by atoms with van der Waals surface area (Å²) in [5.74, 6) is 4.81. The van der Waals surface area contributed by atoms with Crippen LogP contribution < -0.4 is 0 Å². The Morgan fingerprint density at radius 2 is 1.94 bits per heavy atom. The zero-order valence-corrected chi connectivity index (χ0v) is 11.3. The van der Waals surface area contributed by atoms with E-state index in [9.17, 15) is 0 Å². The van der Waals surface area contributed by atoms with Crippen LogP contribution >= 0.6 is 0 Å². The Hall–Kier alpha value is -0.520. The van der Waals surface area contributed by atoms with Gasteiger partial charge in [-0.2, -0.15) is 0 Å². The fourth-order valence-electron chi connectivity index (χ4n) is 6.45. The van der Waals surface area contributed by atoms with E-state index in [-0.39, 0.29) is 0 Å². The maximum atomic E-state index is 2.59. The Morgan fingerprint density at radius 1 is 1.12 bits per heavy atom. The molecule has 92 valence electrons. The lowest BCUT2D eigenvalue weighted by Crippen LogP contribution is -2.38. The molecule has 7 atom stereocenters. The van der Waals surface area contributed by atoms with Crippen molar-refractivity contribution in [1.82, 2.24) is 0 Å². The van der Waals surface area contributed by atoms with E-state index in [1.165, 1.54) is 19.3 Å². The molecule has 3 fully saturated rings. The van der Waals surface area contributed by atoms with Gasteiger partial charge in [0.15, 0.2) is 0 Å². The topological polar surface area (TPSA) is 0 Å². The summed E-state index contributed by atoms with van der Waals surface area (Å²) in [7, 11) is 0. The van der Waals surface area contributed by atoms with Gasteiger partial charge in [-0.15, -0.1) is 0 Å². The van der Waals surface area contributed by atoms with Crippen molar-refractivity contribution in [1.29, 1.82) is 0 Å². The van der Waals surface area contributed by atoms with E-state index in [1.54, 1.807) is 0 Å². The van der Waals surface area contributed by atoms with Gasteiger partial charge in [0.1, 0.15) is 0 Å². The lowest BCUT2D eigenvalue weighted by atomic mass is 9.61. The van der Waals surface area contributed by atoms with Crippen LogP contribution in [-0.4, -0.2) is 0 Å². The van der Waals surface area contributed by atoms with Gasteiger partial charge in [-0.25, -0.2) is 0 Å². The Labute approximate surface area is 105 Å². The van der Waals surface area contributed by atoms with Gasteiger partial charge in [0.05, 0.1) is 0 Å². The van der Waals surface area contributed by atoms with E-state index in [4.69, 9.17) is 0 Å². The quantitative estimate of drug-likeness (QED) is 0.460. The van der Waals surface area contributed by atoms with Gasteiger partial charge in [-0.1, -0.05) is 38.2 Å². The van der Waals surface area contributed by atoms with Crippen LogP contribution in [0.2, 0.25) is 0 Å². The molecule has 3 saturated carbocycles. The number of allylic oxidation sites excluding steroid dienone is 4. The second kappa shape index (κ2) is 2.90. The van der Waals surface area contributed by atoms with E-state index in [1.807, 2.05) is 0 Å². The lowest BCUT2D eigenvalue weighted by Gasteiger charge is -2.43. The normalized spacial score (nSPS) is 62.9. The molecule has 17 heavy (non-hydrogen) atoms. The van der Waals surface area contributed by atoms with Crippen LogP contribution in [-0.2, 0) is 0 Å². The summed E-state index contributed by atoms with van der Waals surface area (Å²) in [4.78, 5) is 0. The second-order valence-electron chi connectivity index (χ2n) is 7.70. The van der Waals surface area contributed by atoms with E-state index in [0.717, 1.165) is 29.6 Å². The van der Waals surface area contributed by atoms with Crippen molar-refractivity contribution >= 4 is 0 Å². The predicted molar refractivity (Wildman–Crippen MR) is 71.5 cm³/mol. The largest absolute Gasteiger partial charge is 0.0914 e. The van der Waals surface area contributed by atoms with Gasteiger partial charge in [0, 0.05) is 0 Å². The van der Waals surface area contributed by atoms with E-state index >= 15 is 0 Å². The molecule has 0 aromatic carbocycles. The molecule has 0 amide bonds. The maximum absolute atomic E-state index is 2.59. The zero-order chi connectivity index (χ0) is 11.8. The van der Waals surface area contributed by atoms with Crippen molar-refractivity contribution in [2.45, 2.75) is 40.0 Å². The van der Waals surface area contributed by atoms with Crippen molar-refractivity contribution in [2.75, 3.05) is 0 Å². The molecule has 0 N–H and O–H groups in total. The molecule has 4 rings (SSSR count). The highest BCUT2D eigenvalue weighted by Gasteiger charge is 2.68.